The fourth-order valence-corrected chi connectivity index (χ4v) is 1.67. The molecule has 0 heterocycles. The summed E-state index contributed by atoms with van der Waals surface area (Å²) in [6.07, 6.45) is 3.22. The molecule has 16 heavy (non-hydrogen) atoms. The van der Waals surface area contributed by atoms with Gasteiger partial charge in [0.25, 0.3) is 0 Å². The molecule has 0 amide bonds. The quantitative estimate of drug-likeness (QED) is 0.771. The molecule has 0 unspecified atom stereocenters. The lowest BCUT2D eigenvalue weighted by molar-refractivity contribution is 0.624. The van der Waals surface area contributed by atoms with Gasteiger partial charge in [-0.05, 0) is 37.6 Å². The third kappa shape index (κ3) is 4.19. The number of rotatable bonds is 7. The number of anilines is 1. The Kier molecular flexibility index (Phi) is 5.86. The predicted molar refractivity (Wildman–Crippen MR) is 67.2 cm³/mol. The molecular weight excluding hydrogens is 203 g/mol. The molecule has 2 nitrogen and oxygen atoms in total. The maximum absolute atomic E-state index is 13.1. The van der Waals surface area contributed by atoms with Gasteiger partial charge in [0.2, 0.25) is 0 Å². The highest BCUT2D eigenvalue weighted by Crippen LogP contribution is 2.16. The normalized spacial score (nSPS) is 10.4. The van der Waals surface area contributed by atoms with Gasteiger partial charge in [-0.15, -0.1) is 0 Å². The molecule has 2 N–H and O–H groups in total. The number of unbranched alkanes of at least 4 members (excludes halogenated alkanes) is 1. The van der Waals surface area contributed by atoms with Gasteiger partial charge in [-0.2, -0.15) is 0 Å². The first-order chi connectivity index (χ1) is 7.77. The summed E-state index contributed by atoms with van der Waals surface area (Å²) >= 11 is 0. The molecule has 1 aromatic rings. The molecule has 1 aromatic carbocycles. The average Bonchev–Trinajstić information content (AvgIpc) is 2.29. The summed E-state index contributed by atoms with van der Waals surface area (Å²) in [4.78, 5) is 2.21. The summed E-state index contributed by atoms with van der Waals surface area (Å²) < 4.78 is 13.1. The molecule has 0 aliphatic rings. The molecule has 0 bridgehead atoms. The molecule has 90 valence electrons. The van der Waals surface area contributed by atoms with Crippen LogP contribution in [0.1, 0.15) is 26.2 Å². The second-order valence-corrected chi connectivity index (χ2v) is 3.96. The van der Waals surface area contributed by atoms with E-state index in [0.29, 0.717) is 6.54 Å². The Morgan fingerprint density at radius 3 is 2.62 bits per heavy atom. The minimum atomic E-state index is -0.174. The predicted octanol–water partition coefficient (Wildman–Crippen LogP) is 2.78. The van der Waals surface area contributed by atoms with E-state index in [0.717, 1.165) is 38.0 Å². The Hall–Kier alpha value is -1.09. The monoisotopic (exact) mass is 224 g/mol. The number of nitrogens with two attached hydrogens (primary N) is 1. The van der Waals surface area contributed by atoms with E-state index in [1.807, 2.05) is 6.07 Å². The molecule has 0 aliphatic heterocycles. The minimum Gasteiger partial charge on any atom is -0.371 e. The van der Waals surface area contributed by atoms with E-state index in [1.54, 1.807) is 12.1 Å². The van der Waals surface area contributed by atoms with Crippen molar-refractivity contribution in [3.05, 3.63) is 30.1 Å². The molecule has 0 saturated carbocycles. The van der Waals surface area contributed by atoms with Gasteiger partial charge in [-0.1, -0.05) is 19.4 Å². The van der Waals surface area contributed by atoms with Crippen LogP contribution in [0.4, 0.5) is 10.1 Å². The van der Waals surface area contributed by atoms with Crippen molar-refractivity contribution >= 4 is 5.69 Å². The SMILES string of the molecule is CCCCN(CCCN)c1cccc(F)c1. The molecule has 0 aromatic heterocycles. The molecule has 3 heteroatoms. The van der Waals surface area contributed by atoms with Crippen LogP contribution in [-0.4, -0.2) is 19.6 Å². The maximum Gasteiger partial charge on any atom is 0.125 e. The summed E-state index contributed by atoms with van der Waals surface area (Å²) in [5, 5.41) is 0. The van der Waals surface area contributed by atoms with Gasteiger partial charge in [-0.25, -0.2) is 4.39 Å². The van der Waals surface area contributed by atoms with Crippen LogP contribution in [0, 0.1) is 5.82 Å². The second-order valence-electron chi connectivity index (χ2n) is 3.96. The molecule has 0 spiro atoms. The van der Waals surface area contributed by atoms with E-state index in [-0.39, 0.29) is 5.82 Å². The molecule has 0 saturated heterocycles. The minimum absolute atomic E-state index is 0.174. The van der Waals surface area contributed by atoms with Crippen molar-refractivity contribution in [1.29, 1.82) is 0 Å². The van der Waals surface area contributed by atoms with Crippen molar-refractivity contribution in [3.63, 3.8) is 0 Å². The van der Waals surface area contributed by atoms with Gasteiger partial charge in [0.15, 0.2) is 0 Å². The largest absolute Gasteiger partial charge is 0.371 e. The van der Waals surface area contributed by atoms with E-state index in [2.05, 4.69) is 11.8 Å². The molecule has 1 rings (SSSR count). The van der Waals surface area contributed by atoms with Crippen molar-refractivity contribution in [2.75, 3.05) is 24.5 Å². The summed E-state index contributed by atoms with van der Waals surface area (Å²) in [5.41, 5.74) is 6.47. The standard InChI is InChI=1S/C13H21FN2/c1-2-3-9-16(10-5-8-15)13-7-4-6-12(14)11-13/h4,6-7,11H,2-3,5,8-10,15H2,1H3. The van der Waals surface area contributed by atoms with Crippen molar-refractivity contribution < 1.29 is 4.39 Å². The number of benzene rings is 1. The first kappa shape index (κ1) is 13.0. The van der Waals surface area contributed by atoms with E-state index >= 15 is 0 Å². The number of hydrogen-bond acceptors (Lipinski definition) is 2. The highest BCUT2D eigenvalue weighted by molar-refractivity contribution is 5.46. The third-order valence-electron chi connectivity index (χ3n) is 2.59. The second kappa shape index (κ2) is 7.23. The smallest absolute Gasteiger partial charge is 0.125 e. The van der Waals surface area contributed by atoms with Gasteiger partial charge >= 0.3 is 0 Å². The van der Waals surface area contributed by atoms with E-state index in [9.17, 15) is 4.39 Å². The lowest BCUT2D eigenvalue weighted by Gasteiger charge is -2.24. The Bertz CT molecular complexity index is 294. The van der Waals surface area contributed by atoms with Crippen molar-refractivity contribution in [2.45, 2.75) is 26.2 Å². The molecule has 0 aliphatic carbocycles. The highest BCUT2D eigenvalue weighted by atomic mass is 19.1. The topological polar surface area (TPSA) is 29.3 Å². The Labute approximate surface area is 97.3 Å². The summed E-state index contributed by atoms with van der Waals surface area (Å²) in [6.45, 7) is 4.71. The average molecular weight is 224 g/mol. The van der Waals surface area contributed by atoms with Crippen molar-refractivity contribution in [1.82, 2.24) is 0 Å². The number of halogens is 1. The van der Waals surface area contributed by atoms with E-state index in [1.165, 1.54) is 6.07 Å². The first-order valence-corrected chi connectivity index (χ1v) is 5.98. The van der Waals surface area contributed by atoms with Crippen LogP contribution < -0.4 is 10.6 Å². The van der Waals surface area contributed by atoms with E-state index < -0.39 is 0 Å². The lowest BCUT2D eigenvalue weighted by Crippen LogP contribution is -2.27. The van der Waals surface area contributed by atoms with Crippen molar-refractivity contribution in [3.8, 4) is 0 Å². The van der Waals surface area contributed by atoms with Gasteiger partial charge in [0.1, 0.15) is 5.82 Å². The Morgan fingerprint density at radius 1 is 1.25 bits per heavy atom. The Balaban J connectivity index is 2.66. The van der Waals surface area contributed by atoms with Crippen LogP contribution in [0.2, 0.25) is 0 Å². The molecule has 0 fully saturated rings. The molecular formula is C13H21FN2. The summed E-state index contributed by atoms with van der Waals surface area (Å²) in [7, 11) is 0. The first-order valence-electron chi connectivity index (χ1n) is 5.98. The fraction of sp³-hybridized carbons (Fsp3) is 0.538. The van der Waals surface area contributed by atoms with Crippen molar-refractivity contribution in [2.24, 2.45) is 5.73 Å². The highest BCUT2D eigenvalue weighted by Gasteiger charge is 2.05. The summed E-state index contributed by atoms with van der Waals surface area (Å²) in [6, 6.07) is 6.78. The zero-order valence-electron chi connectivity index (χ0n) is 9.95. The third-order valence-corrected chi connectivity index (χ3v) is 2.59. The van der Waals surface area contributed by atoms with Crippen LogP contribution >= 0.6 is 0 Å². The Morgan fingerprint density at radius 2 is 2.00 bits per heavy atom. The van der Waals surface area contributed by atoms with Crippen LogP contribution in [0.25, 0.3) is 0 Å². The van der Waals surface area contributed by atoms with Gasteiger partial charge in [-0.3, -0.25) is 0 Å². The fourth-order valence-electron chi connectivity index (χ4n) is 1.67. The van der Waals surface area contributed by atoms with Gasteiger partial charge in [0, 0.05) is 18.8 Å². The van der Waals surface area contributed by atoms with Gasteiger partial charge < -0.3 is 10.6 Å². The van der Waals surface area contributed by atoms with Gasteiger partial charge in [0.05, 0.1) is 0 Å². The number of nitrogens with zero attached hydrogens (tertiary/aromatic N) is 1. The zero-order chi connectivity index (χ0) is 11.8. The van der Waals surface area contributed by atoms with Crippen LogP contribution in [0.3, 0.4) is 0 Å². The molecule has 0 radical (unpaired) electrons. The van der Waals surface area contributed by atoms with E-state index in [4.69, 9.17) is 5.73 Å². The maximum atomic E-state index is 13.1. The summed E-state index contributed by atoms with van der Waals surface area (Å²) in [5.74, 6) is -0.174. The van der Waals surface area contributed by atoms with Crippen LogP contribution in [0.15, 0.2) is 24.3 Å². The molecule has 0 atom stereocenters. The zero-order valence-corrected chi connectivity index (χ0v) is 9.95. The van der Waals surface area contributed by atoms with Crippen LogP contribution in [-0.2, 0) is 0 Å². The number of hydrogen-bond donors (Lipinski definition) is 1. The lowest BCUT2D eigenvalue weighted by atomic mass is 10.2. The van der Waals surface area contributed by atoms with Crippen LogP contribution in [0.5, 0.6) is 0 Å².